The molecule has 0 aromatic heterocycles. The Kier molecular flexibility index (Phi) is 30.4. The van der Waals surface area contributed by atoms with E-state index >= 15 is 0 Å². The van der Waals surface area contributed by atoms with Gasteiger partial charge < -0.3 is 39.4 Å². The third kappa shape index (κ3) is 25.4. The SMILES string of the molecule is CC/C=C/C=C/C=C/C=C/C=C/CCCC(=O)OC(COC(=O)CCCCC/C=C/C/C=C/C/C=C/C/C=C/CC)CO[C@H]1O[C@@H](CO)[C@@H](O)C(O)C1O. The van der Waals surface area contributed by atoms with Gasteiger partial charge in [-0.15, -0.1) is 0 Å². The standard InChI is InChI=1S/C44H66O10/c1-3-5-7-9-11-13-15-17-18-19-21-22-24-26-28-30-32-39(46)51-35-37(36-52-44-43(50)42(49)41(48)38(34-45)54-44)53-40(47)33-31-29-27-25-23-20-16-14-12-10-8-6-4-2/h5-8,10-14,16-18,20-23,25,27,37-38,41-45,48-50H,3-4,9,15,19,24,26,28-36H2,1-2H3/b7-5+,8-6+,12-10+,13-11+,16-14+,18-17+,22-21+,23-20+,27-25+/t37?,38-,41+,42?,43?,44-/m0/s1. The van der Waals surface area contributed by atoms with Crippen molar-refractivity contribution in [3.8, 4) is 0 Å². The van der Waals surface area contributed by atoms with Gasteiger partial charge >= 0.3 is 11.9 Å². The molecule has 302 valence electrons. The molecular formula is C44H66O10. The Morgan fingerprint density at radius 3 is 1.78 bits per heavy atom. The van der Waals surface area contributed by atoms with Crippen molar-refractivity contribution in [3.63, 3.8) is 0 Å². The Labute approximate surface area is 323 Å². The zero-order valence-corrected chi connectivity index (χ0v) is 32.4. The summed E-state index contributed by atoms with van der Waals surface area (Å²) >= 11 is 0. The van der Waals surface area contributed by atoms with E-state index in [-0.39, 0.29) is 26.1 Å². The first-order valence-corrected chi connectivity index (χ1v) is 19.5. The number of unbranched alkanes of at least 4 members (excludes halogenated alkanes) is 4. The predicted octanol–water partition coefficient (Wildman–Crippen LogP) is 7.37. The van der Waals surface area contributed by atoms with Gasteiger partial charge in [0.25, 0.3) is 0 Å². The number of aliphatic hydroxyl groups excluding tert-OH is 4. The second kappa shape index (κ2) is 33.9. The number of allylic oxidation sites excluding steroid dienone is 18. The van der Waals surface area contributed by atoms with E-state index in [1.54, 1.807) is 0 Å². The van der Waals surface area contributed by atoms with E-state index in [4.69, 9.17) is 18.9 Å². The molecule has 0 aromatic rings. The molecule has 4 N–H and O–H groups in total. The van der Waals surface area contributed by atoms with Crippen LogP contribution in [0.1, 0.15) is 97.3 Å². The summed E-state index contributed by atoms with van der Waals surface area (Å²) in [6, 6.07) is 0. The Morgan fingerprint density at radius 1 is 0.593 bits per heavy atom. The number of aliphatic hydroxyl groups is 4. The molecule has 0 radical (unpaired) electrons. The first-order valence-electron chi connectivity index (χ1n) is 19.5. The summed E-state index contributed by atoms with van der Waals surface area (Å²) in [7, 11) is 0. The highest BCUT2D eigenvalue weighted by atomic mass is 16.7. The van der Waals surface area contributed by atoms with Gasteiger partial charge in [-0.05, 0) is 64.2 Å². The first kappa shape index (κ1) is 48.4. The zero-order valence-electron chi connectivity index (χ0n) is 32.4. The average Bonchev–Trinajstić information content (AvgIpc) is 3.17. The predicted molar refractivity (Wildman–Crippen MR) is 214 cm³/mol. The van der Waals surface area contributed by atoms with Gasteiger partial charge in [0, 0.05) is 12.8 Å². The molecule has 10 heteroatoms. The molecule has 1 aliphatic heterocycles. The molecule has 0 spiro atoms. The van der Waals surface area contributed by atoms with Crippen molar-refractivity contribution in [2.75, 3.05) is 19.8 Å². The lowest BCUT2D eigenvalue weighted by Crippen LogP contribution is -2.59. The second-order valence-electron chi connectivity index (χ2n) is 12.7. The van der Waals surface area contributed by atoms with Crippen molar-refractivity contribution in [2.45, 2.75) is 134 Å². The van der Waals surface area contributed by atoms with Gasteiger partial charge in [0.05, 0.1) is 13.2 Å². The van der Waals surface area contributed by atoms with Crippen LogP contribution in [-0.4, -0.2) is 89.0 Å². The van der Waals surface area contributed by atoms with Crippen LogP contribution in [0.25, 0.3) is 0 Å². The van der Waals surface area contributed by atoms with Gasteiger partial charge in [-0.2, -0.15) is 0 Å². The fourth-order valence-electron chi connectivity index (χ4n) is 4.97. The van der Waals surface area contributed by atoms with E-state index in [2.05, 4.69) is 68.5 Å². The second-order valence-corrected chi connectivity index (χ2v) is 12.7. The summed E-state index contributed by atoms with van der Waals surface area (Å²) in [6.07, 6.45) is 38.2. The molecular weight excluding hydrogens is 688 g/mol. The van der Waals surface area contributed by atoms with E-state index < -0.39 is 55.4 Å². The fourth-order valence-corrected chi connectivity index (χ4v) is 4.97. The van der Waals surface area contributed by atoms with Gasteiger partial charge in [0.2, 0.25) is 0 Å². The van der Waals surface area contributed by atoms with Gasteiger partial charge in [-0.1, -0.05) is 130 Å². The monoisotopic (exact) mass is 754 g/mol. The molecule has 10 nitrogen and oxygen atoms in total. The molecule has 1 saturated heterocycles. The van der Waals surface area contributed by atoms with Gasteiger partial charge in [0.15, 0.2) is 12.4 Å². The van der Waals surface area contributed by atoms with Crippen molar-refractivity contribution < 1.29 is 49.0 Å². The summed E-state index contributed by atoms with van der Waals surface area (Å²) in [5.74, 6) is -0.947. The molecule has 0 bridgehead atoms. The molecule has 3 unspecified atom stereocenters. The molecule has 0 aliphatic carbocycles. The normalized spacial score (nSPS) is 21.9. The van der Waals surface area contributed by atoms with Gasteiger partial charge in [-0.25, -0.2) is 0 Å². The van der Waals surface area contributed by atoms with E-state index in [0.717, 1.165) is 51.4 Å². The van der Waals surface area contributed by atoms with Crippen molar-refractivity contribution in [1.29, 1.82) is 0 Å². The maximum Gasteiger partial charge on any atom is 0.306 e. The van der Waals surface area contributed by atoms with Crippen LogP contribution >= 0.6 is 0 Å². The van der Waals surface area contributed by atoms with E-state index in [9.17, 15) is 30.0 Å². The lowest BCUT2D eigenvalue weighted by atomic mass is 9.99. The van der Waals surface area contributed by atoms with Crippen LogP contribution in [0.5, 0.6) is 0 Å². The Hall–Kier alpha value is -3.64. The lowest BCUT2D eigenvalue weighted by Gasteiger charge is -2.39. The molecule has 1 heterocycles. The number of esters is 2. The van der Waals surface area contributed by atoms with Crippen molar-refractivity contribution in [3.05, 3.63) is 109 Å². The van der Waals surface area contributed by atoms with Crippen LogP contribution in [-0.2, 0) is 28.5 Å². The molecule has 0 amide bonds. The number of rotatable bonds is 29. The van der Waals surface area contributed by atoms with E-state index in [1.807, 2.05) is 54.7 Å². The molecule has 1 rings (SSSR count). The smallest absolute Gasteiger partial charge is 0.306 e. The third-order valence-corrected chi connectivity index (χ3v) is 8.03. The molecule has 54 heavy (non-hydrogen) atoms. The summed E-state index contributed by atoms with van der Waals surface area (Å²) < 4.78 is 21.9. The summed E-state index contributed by atoms with van der Waals surface area (Å²) in [5.41, 5.74) is 0. The number of carbonyl (C=O) groups excluding carboxylic acids is 2. The van der Waals surface area contributed by atoms with Crippen LogP contribution in [0, 0.1) is 0 Å². The summed E-state index contributed by atoms with van der Waals surface area (Å²) in [6.45, 7) is 3.01. The molecule has 1 fully saturated rings. The number of ether oxygens (including phenoxy) is 4. The quantitative estimate of drug-likeness (QED) is 0.0264. The highest BCUT2D eigenvalue weighted by Gasteiger charge is 2.44. The van der Waals surface area contributed by atoms with Gasteiger partial charge in [-0.3, -0.25) is 9.59 Å². The maximum atomic E-state index is 12.7. The largest absolute Gasteiger partial charge is 0.462 e. The van der Waals surface area contributed by atoms with E-state index in [0.29, 0.717) is 19.3 Å². The number of hydrogen-bond donors (Lipinski definition) is 4. The third-order valence-electron chi connectivity index (χ3n) is 8.03. The minimum absolute atomic E-state index is 0.119. The topological polar surface area (TPSA) is 152 Å². The Morgan fingerprint density at radius 2 is 1.15 bits per heavy atom. The fraction of sp³-hybridized carbons (Fsp3) is 0.545. The van der Waals surface area contributed by atoms with Crippen LogP contribution in [0.2, 0.25) is 0 Å². The van der Waals surface area contributed by atoms with Crippen LogP contribution in [0.3, 0.4) is 0 Å². The Bertz CT molecular complexity index is 1240. The zero-order chi connectivity index (χ0) is 39.5. The minimum atomic E-state index is -1.62. The number of carbonyl (C=O) groups is 2. The van der Waals surface area contributed by atoms with Crippen molar-refractivity contribution >= 4 is 11.9 Å². The Balaban J connectivity index is 2.48. The molecule has 1 aliphatic rings. The maximum absolute atomic E-state index is 12.7. The van der Waals surface area contributed by atoms with Gasteiger partial charge in [0.1, 0.15) is 31.0 Å². The van der Waals surface area contributed by atoms with E-state index in [1.165, 1.54) is 0 Å². The van der Waals surface area contributed by atoms with Crippen molar-refractivity contribution in [2.24, 2.45) is 0 Å². The first-order chi connectivity index (χ1) is 26.3. The van der Waals surface area contributed by atoms with Crippen LogP contribution in [0.15, 0.2) is 109 Å². The van der Waals surface area contributed by atoms with Crippen molar-refractivity contribution in [1.82, 2.24) is 0 Å². The average molecular weight is 755 g/mol. The summed E-state index contributed by atoms with van der Waals surface area (Å²) in [4.78, 5) is 25.2. The highest BCUT2D eigenvalue weighted by molar-refractivity contribution is 5.70. The van der Waals surface area contributed by atoms with Crippen LogP contribution in [0.4, 0.5) is 0 Å². The minimum Gasteiger partial charge on any atom is -0.462 e. The molecule has 0 aromatic carbocycles. The molecule has 0 saturated carbocycles. The summed E-state index contributed by atoms with van der Waals surface area (Å²) in [5, 5.41) is 39.9. The molecule has 6 atom stereocenters. The van der Waals surface area contributed by atoms with Crippen LogP contribution < -0.4 is 0 Å². The highest BCUT2D eigenvalue weighted by Crippen LogP contribution is 2.22. The lowest BCUT2D eigenvalue weighted by molar-refractivity contribution is -0.305. The number of hydrogen-bond acceptors (Lipinski definition) is 10.